The van der Waals surface area contributed by atoms with Crippen LogP contribution in [0.5, 0.6) is 0 Å². The lowest BCUT2D eigenvalue weighted by atomic mass is 10.1. The third-order valence-corrected chi connectivity index (χ3v) is 2.38. The molecule has 0 saturated carbocycles. The van der Waals surface area contributed by atoms with Gasteiger partial charge in [0.2, 0.25) is 0 Å². The first-order valence-electron chi connectivity index (χ1n) is 3.26. The number of rotatable bonds is 1. The molecule has 0 bridgehead atoms. The van der Waals surface area contributed by atoms with Crippen molar-refractivity contribution in [2.45, 2.75) is 13.8 Å². The molecule has 0 fully saturated rings. The Balaban J connectivity index is 3.40. The summed E-state index contributed by atoms with van der Waals surface area (Å²) in [6, 6.07) is 3.78. The van der Waals surface area contributed by atoms with Crippen LogP contribution in [0.4, 0.5) is 5.69 Å². The van der Waals surface area contributed by atoms with Gasteiger partial charge in [-0.15, -0.1) is 4.91 Å². The van der Waals surface area contributed by atoms with Crippen LogP contribution in [-0.2, 0) is 0 Å². The second-order valence-electron chi connectivity index (χ2n) is 2.43. The third kappa shape index (κ3) is 1.48. The summed E-state index contributed by atoms with van der Waals surface area (Å²) >= 11 is 3.25. The number of nitrogens with zero attached hydrogens (tertiary/aromatic N) is 1. The molecule has 0 aliphatic rings. The minimum atomic E-state index is 0.505. The molecule has 1 rings (SSSR count). The van der Waals surface area contributed by atoms with Crippen molar-refractivity contribution in [1.82, 2.24) is 0 Å². The number of hydrogen-bond acceptors (Lipinski definition) is 2. The minimum Gasteiger partial charge on any atom is -0.145 e. The minimum absolute atomic E-state index is 0.505. The molecular weight excluding hydrogens is 206 g/mol. The van der Waals surface area contributed by atoms with Crippen LogP contribution >= 0.6 is 15.9 Å². The molecule has 0 saturated heterocycles. The first kappa shape index (κ1) is 8.40. The molecule has 2 nitrogen and oxygen atoms in total. The molecule has 0 radical (unpaired) electrons. The molecule has 0 atom stereocenters. The summed E-state index contributed by atoms with van der Waals surface area (Å²) in [5.74, 6) is 0. The summed E-state index contributed by atoms with van der Waals surface area (Å²) in [7, 11) is 0. The van der Waals surface area contributed by atoms with Crippen molar-refractivity contribution >= 4 is 21.6 Å². The summed E-state index contributed by atoms with van der Waals surface area (Å²) in [5.41, 5.74) is 2.53. The van der Waals surface area contributed by atoms with Crippen LogP contribution in [0.2, 0.25) is 0 Å². The summed E-state index contributed by atoms with van der Waals surface area (Å²) in [6.07, 6.45) is 0. The molecule has 0 amide bonds. The zero-order valence-electron chi connectivity index (χ0n) is 6.39. The van der Waals surface area contributed by atoms with Crippen molar-refractivity contribution in [2.75, 3.05) is 0 Å². The monoisotopic (exact) mass is 213 g/mol. The van der Waals surface area contributed by atoms with E-state index in [0.29, 0.717) is 5.69 Å². The van der Waals surface area contributed by atoms with Crippen molar-refractivity contribution in [3.05, 3.63) is 32.6 Å². The highest BCUT2D eigenvalue weighted by Crippen LogP contribution is 2.30. The lowest BCUT2D eigenvalue weighted by Crippen LogP contribution is -1.81. The highest BCUT2D eigenvalue weighted by atomic mass is 79.9. The van der Waals surface area contributed by atoms with E-state index in [1.165, 1.54) is 0 Å². The van der Waals surface area contributed by atoms with Gasteiger partial charge in [0.25, 0.3) is 0 Å². The molecular formula is C8H8BrNO. The van der Waals surface area contributed by atoms with Crippen molar-refractivity contribution < 1.29 is 0 Å². The van der Waals surface area contributed by atoms with Crippen molar-refractivity contribution in [2.24, 2.45) is 5.18 Å². The average Bonchev–Trinajstić information content (AvgIpc) is 1.99. The van der Waals surface area contributed by atoms with E-state index in [-0.39, 0.29) is 0 Å². The molecule has 0 aliphatic heterocycles. The van der Waals surface area contributed by atoms with Gasteiger partial charge in [-0.05, 0) is 52.1 Å². The SMILES string of the molecule is Cc1ccc(Br)c(N=O)c1C. The lowest BCUT2D eigenvalue weighted by molar-refractivity contribution is 1.29. The Labute approximate surface area is 73.7 Å². The smallest absolute Gasteiger partial charge is 0.125 e. The van der Waals surface area contributed by atoms with Gasteiger partial charge < -0.3 is 0 Å². The molecule has 0 heterocycles. The Hall–Kier alpha value is -0.700. The van der Waals surface area contributed by atoms with Crippen LogP contribution in [0.15, 0.2) is 21.8 Å². The highest BCUT2D eigenvalue weighted by Gasteiger charge is 2.04. The summed E-state index contributed by atoms with van der Waals surface area (Å²) in [6.45, 7) is 3.84. The number of aryl methyl sites for hydroxylation is 1. The second-order valence-corrected chi connectivity index (χ2v) is 3.28. The molecule has 0 N–H and O–H groups in total. The molecule has 3 heteroatoms. The number of hydrogen-bond donors (Lipinski definition) is 0. The Bertz CT molecular complexity index is 296. The lowest BCUT2D eigenvalue weighted by Gasteiger charge is -2.02. The quantitative estimate of drug-likeness (QED) is 0.658. The maximum atomic E-state index is 10.3. The summed E-state index contributed by atoms with van der Waals surface area (Å²) in [5, 5.41) is 2.93. The van der Waals surface area contributed by atoms with Crippen molar-refractivity contribution in [3.63, 3.8) is 0 Å². The maximum Gasteiger partial charge on any atom is 0.125 e. The molecule has 1 aromatic rings. The first-order valence-corrected chi connectivity index (χ1v) is 4.05. The van der Waals surface area contributed by atoms with Gasteiger partial charge in [-0.1, -0.05) is 6.07 Å². The van der Waals surface area contributed by atoms with E-state index in [4.69, 9.17) is 0 Å². The number of halogens is 1. The normalized spacial score (nSPS) is 9.73. The zero-order valence-corrected chi connectivity index (χ0v) is 7.97. The fraction of sp³-hybridized carbons (Fsp3) is 0.250. The Morgan fingerprint density at radius 3 is 2.45 bits per heavy atom. The van der Waals surface area contributed by atoms with Gasteiger partial charge in [-0.25, -0.2) is 0 Å². The summed E-state index contributed by atoms with van der Waals surface area (Å²) in [4.78, 5) is 10.3. The van der Waals surface area contributed by atoms with Crippen molar-refractivity contribution in [1.29, 1.82) is 0 Å². The van der Waals surface area contributed by atoms with Crippen molar-refractivity contribution in [3.8, 4) is 0 Å². The first-order chi connectivity index (χ1) is 5.16. The highest BCUT2D eigenvalue weighted by molar-refractivity contribution is 9.10. The van der Waals surface area contributed by atoms with E-state index in [1.54, 1.807) is 0 Å². The molecule has 0 aromatic heterocycles. The number of nitroso groups, excluding NO2 is 1. The van der Waals surface area contributed by atoms with Gasteiger partial charge in [-0.2, -0.15) is 0 Å². The van der Waals surface area contributed by atoms with E-state index in [2.05, 4.69) is 21.1 Å². The number of benzene rings is 1. The average molecular weight is 214 g/mol. The van der Waals surface area contributed by atoms with Gasteiger partial charge in [0, 0.05) is 4.47 Å². The van der Waals surface area contributed by atoms with E-state index < -0.39 is 0 Å². The fourth-order valence-electron chi connectivity index (χ4n) is 0.880. The maximum absolute atomic E-state index is 10.3. The van der Waals surface area contributed by atoms with E-state index in [9.17, 15) is 4.91 Å². The van der Waals surface area contributed by atoms with Crippen LogP contribution in [-0.4, -0.2) is 0 Å². The third-order valence-electron chi connectivity index (χ3n) is 1.74. The van der Waals surface area contributed by atoms with Gasteiger partial charge in [0.15, 0.2) is 0 Å². The standard InChI is InChI=1S/C8H8BrNO/c1-5-3-4-7(9)8(10-11)6(5)2/h3-4H,1-2H3. The molecule has 11 heavy (non-hydrogen) atoms. The molecule has 0 unspecified atom stereocenters. The van der Waals surface area contributed by atoms with Gasteiger partial charge in [0.1, 0.15) is 5.69 Å². The van der Waals surface area contributed by atoms with E-state index in [1.807, 2.05) is 26.0 Å². The Morgan fingerprint density at radius 1 is 1.36 bits per heavy atom. The van der Waals surface area contributed by atoms with Crippen LogP contribution < -0.4 is 0 Å². The predicted molar refractivity (Wildman–Crippen MR) is 49.1 cm³/mol. The molecule has 1 aromatic carbocycles. The van der Waals surface area contributed by atoms with Crippen LogP contribution in [0.1, 0.15) is 11.1 Å². The zero-order chi connectivity index (χ0) is 8.43. The molecule has 0 aliphatic carbocycles. The van der Waals surface area contributed by atoms with Gasteiger partial charge in [-0.3, -0.25) is 0 Å². The van der Waals surface area contributed by atoms with Crippen LogP contribution in [0, 0.1) is 18.8 Å². The Kier molecular flexibility index (Phi) is 2.39. The molecule has 0 spiro atoms. The predicted octanol–water partition coefficient (Wildman–Crippen LogP) is 3.46. The van der Waals surface area contributed by atoms with Crippen LogP contribution in [0.25, 0.3) is 0 Å². The topological polar surface area (TPSA) is 29.4 Å². The van der Waals surface area contributed by atoms with Crippen LogP contribution in [0.3, 0.4) is 0 Å². The van der Waals surface area contributed by atoms with E-state index >= 15 is 0 Å². The van der Waals surface area contributed by atoms with Gasteiger partial charge in [0.05, 0.1) is 0 Å². The van der Waals surface area contributed by atoms with E-state index in [0.717, 1.165) is 15.6 Å². The molecule has 58 valence electrons. The fourth-order valence-corrected chi connectivity index (χ4v) is 1.38. The summed E-state index contributed by atoms with van der Waals surface area (Å²) < 4.78 is 0.760. The second kappa shape index (κ2) is 3.13. The Morgan fingerprint density at radius 2 is 2.00 bits per heavy atom. The van der Waals surface area contributed by atoms with Gasteiger partial charge >= 0.3 is 0 Å². The largest absolute Gasteiger partial charge is 0.145 e.